The summed E-state index contributed by atoms with van der Waals surface area (Å²) >= 11 is 1.17. The van der Waals surface area contributed by atoms with Crippen molar-refractivity contribution in [3.8, 4) is 0 Å². The lowest BCUT2D eigenvalue weighted by molar-refractivity contribution is -0.116. The lowest BCUT2D eigenvalue weighted by Crippen LogP contribution is -2.27. The van der Waals surface area contributed by atoms with Crippen molar-refractivity contribution >= 4 is 38.1 Å². The minimum absolute atomic E-state index is 0.0367. The summed E-state index contributed by atoms with van der Waals surface area (Å²) in [5, 5.41) is 4.53. The fourth-order valence-corrected chi connectivity index (χ4v) is 3.94. The Morgan fingerprint density at radius 1 is 1.22 bits per heavy atom. The number of carbonyl (C=O) groups excluding carboxylic acids is 1. The zero-order valence-corrected chi connectivity index (χ0v) is 15.8. The largest absolute Gasteiger partial charge is 0.325 e. The van der Waals surface area contributed by atoms with Gasteiger partial charge in [-0.15, -0.1) is 11.3 Å². The highest BCUT2D eigenvalue weighted by Gasteiger charge is 2.15. The normalized spacial score (nSPS) is 11.1. The minimum atomic E-state index is -3.76. The second kappa shape index (κ2) is 7.68. The van der Waals surface area contributed by atoms with Gasteiger partial charge in [-0.25, -0.2) is 18.4 Å². The summed E-state index contributed by atoms with van der Waals surface area (Å²) in [6.45, 7) is 1.49. The first-order valence-corrected chi connectivity index (χ1v) is 10.0. The average Bonchev–Trinajstić information content (AvgIpc) is 3.10. The summed E-state index contributed by atoms with van der Waals surface area (Å²) in [6, 6.07) is 6.99. The Bertz CT molecular complexity index is 1110. The SMILES string of the molecule is Cc1cc(=O)n(CC(=O)Nc2ccc(S(=O)(=O)Nc3nccs3)cc2)cn1. The molecule has 11 heteroatoms. The lowest BCUT2D eigenvalue weighted by atomic mass is 10.3. The van der Waals surface area contributed by atoms with Crippen molar-refractivity contribution in [2.75, 3.05) is 10.0 Å². The summed E-state index contributed by atoms with van der Waals surface area (Å²) in [5.74, 6) is -0.431. The molecule has 3 rings (SSSR count). The molecule has 3 aromatic rings. The number of amides is 1. The molecule has 140 valence electrons. The number of aryl methyl sites for hydroxylation is 1. The number of carbonyl (C=O) groups is 1. The van der Waals surface area contributed by atoms with Gasteiger partial charge in [-0.3, -0.25) is 18.9 Å². The maximum Gasteiger partial charge on any atom is 0.263 e. The Kier molecular flexibility index (Phi) is 5.33. The Labute approximate surface area is 158 Å². The van der Waals surface area contributed by atoms with Crippen LogP contribution in [0, 0.1) is 6.92 Å². The number of hydrogen-bond acceptors (Lipinski definition) is 7. The maximum absolute atomic E-state index is 12.3. The van der Waals surface area contributed by atoms with Crippen LogP contribution < -0.4 is 15.6 Å². The van der Waals surface area contributed by atoms with Gasteiger partial charge in [0.1, 0.15) is 6.54 Å². The fourth-order valence-electron chi connectivity index (χ4n) is 2.16. The average molecular weight is 405 g/mol. The monoisotopic (exact) mass is 405 g/mol. The van der Waals surface area contributed by atoms with Crippen molar-refractivity contribution in [2.24, 2.45) is 0 Å². The van der Waals surface area contributed by atoms with E-state index in [1.807, 2.05) is 0 Å². The number of hydrogen-bond donors (Lipinski definition) is 2. The molecule has 0 aliphatic heterocycles. The van der Waals surface area contributed by atoms with Crippen LogP contribution in [-0.2, 0) is 21.4 Å². The molecule has 0 saturated heterocycles. The molecule has 0 radical (unpaired) electrons. The first kappa shape index (κ1) is 18.7. The van der Waals surface area contributed by atoms with E-state index in [1.165, 1.54) is 58.8 Å². The second-order valence-electron chi connectivity index (χ2n) is 5.51. The summed E-state index contributed by atoms with van der Waals surface area (Å²) < 4.78 is 28.1. The van der Waals surface area contributed by atoms with Crippen LogP contribution in [0.1, 0.15) is 5.69 Å². The smallest absolute Gasteiger partial charge is 0.263 e. The number of aromatic nitrogens is 3. The molecule has 1 amide bonds. The predicted molar refractivity (Wildman–Crippen MR) is 101 cm³/mol. The first-order chi connectivity index (χ1) is 12.8. The molecule has 0 bridgehead atoms. The first-order valence-electron chi connectivity index (χ1n) is 7.69. The van der Waals surface area contributed by atoms with Gasteiger partial charge in [0, 0.05) is 29.0 Å². The topological polar surface area (TPSA) is 123 Å². The van der Waals surface area contributed by atoms with Gasteiger partial charge in [0.15, 0.2) is 5.13 Å². The van der Waals surface area contributed by atoms with Crippen LogP contribution in [0.3, 0.4) is 0 Å². The molecular formula is C16H15N5O4S2. The van der Waals surface area contributed by atoms with Crippen LogP contribution in [0.4, 0.5) is 10.8 Å². The third-order valence-corrected chi connectivity index (χ3v) is 5.61. The van der Waals surface area contributed by atoms with Gasteiger partial charge in [-0.05, 0) is 31.2 Å². The minimum Gasteiger partial charge on any atom is -0.325 e. The lowest BCUT2D eigenvalue weighted by Gasteiger charge is -2.09. The molecular weight excluding hydrogens is 390 g/mol. The van der Waals surface area contributed by atoms with E-state index in [0.717, 1.165) is 0 Å². The number of anilines is 2. The molecule has 9 nitrogen and oxygen atoms in total. The van der Waals surface area contributed by atoms with E-state index in [9.17, 15) is 18.0 Å². The number of thiazole rings is 1. The summed E-state index contributed by atoms with van der Waals surface area (Å²) in [6.07, 6.45) is 2.80. The van der Waals surface area contributed by atoms with Crippen LogP contribution in [0.25, 0.3) is 0 Å². The molecule has 1 aromatic carbocycles. The molecule has 2 heterocycles. The van der Waals surface area contributed by atoms with Crippen molar-refractivity contribution in [3.63, 3.8) is 0 Å². The highest BCUT2D eigenvalue weighted by Crippen LogP contribution is 2.19. The Morgan fingerprint density at radius 2 is 1.96 bits per heavy atom. The number of rotatable bonds is 6. The van der Waals surface area contributed by atoms with Crippen LogP contribution in [-0.4, -0.2) is 28.9 Å². The van der Waals surface area contributed by atoms with Crippen molar-refractivity contribution in [1.82, 2.24) is 14.5 Å². The Morgan fingerprint density at radius 3 is 2.59 bits per heavy atom. The van der Waals surface area contributed by atoms with Crippen LogP contribution in [0.15, 0.2) is 57.9 Å². The van der Waals surface area contributed by atoms with Crippen LogP contribution in [0.5, 0.6) is 0 Å². The third-order valence-electron chi connectivity index (χ3n) is 3.43. The van der Waals surface area contributed by atoms with Crippen molar-refractivity contribution in [1.29, 1.82) is 0 Å². The van der Waals surface area contributed by atoms with E-state index in [4.69, 9.17) is 0 Å². The maximum atomic E-state index is 12.3. The summed E-state index contributed by atoms with van der Waals surface area (Å²) in [5.41, 5.74) is 0.647. The zero-order valence-electron chi connectivity index (χ0n) is 14.1. The van der Waals surface area contributed by atoms with Gasteiger partial charge in [0.2, 0.25) is 5.91 Å². The highest BCUT2D eigenvalue weighted by molar-refractivity contribution is 7.93. The molecule has 0 aliphatic rings. The van der Waals surface area contributed by atoms with Gasteiger partial charge in [0.05, 0.1) is 11.2 Å². The van der Waals surface area contributed by atoms with Gasteiger partial charge >= 0.3 is 0 Å². The second-order valence-corrected chi connectivity index (χ2v) is 8.09. The van der Waals surface area contributed by atoms with Crippen LogP contribution >= 0.6 is 11.3 Å². The standard InChI is InChI=1S/C16H15N5O4S2/c1-11-8-15(23)21(10-18-11)9-14(22)19-12-2-4-13(5-3-12)27(24,25)20-16-17-6-7-26-16/h2-8,10H,9H2,1H3,(H,17,20)(H,19,22). The van der Waals surface area contributed by atoms with E-state index in [0.29, 0.717) is 11.4 Å². The van der Waals surface area contributed by atoms with E-state index in [1.54, 1.807) is 12.3 Å². The molecule has 0 aliphatic carbocycles. The number of nitrogens with zero attached hydrogens (tertiary/aromatic N) is 3. The number of sulfonamides is 1. The Hall–Kier alpha value is -3.05. The van der Waals surface area contributed by atoms with Gasteiger partial charge < -0.3 is 5.32 Å². The van der Waals surface area contributed by atoms with Gasteiger partial charge in [-0.1, -0.05) is 0 Å². The molecule has 0 fully saturated rings. The molecule has 0 unspecified atom stereocenters. The molecule has 2 N–H and O–H groups in total. The van der Waals surface area contributed by atoms with Crippen molar-refractivity contribution in [2.45, 2.75) is 18.4 Å². The van der Waals surface area contributed by atoms with Crippen molar-refractivity contribution in [3.05, 3.63) is 64.3 Å². The molecule has 0 atom stereocenters. The Balaban J connectivity index is 1.66. The van der Waals surface area contributed by atoms with Crippen molar-refractivity contribution < 1.29 is 13.2 Å². The van der Waals surface area contributed by atoms with E-state index >= 15 is 0 Å². The molecule has 2 aromatic heterocycles. The van der Waals surface area contributed by atoms with E-state index in [-0.39, 0.29) is 22.1 Å². The fraction of sp³-hybridized carbons (Fsp3) is 0.125. The molecule has 27 heavy (non-hydrogen) atoms. The highest BCUT2D eigenvalue weighted by atomic mass is 32.2. The third kappa shape index (κ3) is 4.77. The number of nitrogens with one attached hydrogen (secondary N) is 2. The predicted octanol–water partition coefficient (Wildman–Crippen LogP) is 1.45. The quantitative estimate of drug-likeness (QED) is 0.640. The summed E-state index contributed by atoms with van der Waals surface area (Å²) in [4.78, 5) is 31.7. The molecule has 0 saturated carbocycles. The van der Waals surface area contributed by atoms with E-state index < -0.39 is 15.9 Å². The number of benzene rings is 1. The summed E-state index contributed by atoms with van der Waals surface area (Å²) in [7, 11) is -3.76. The molecule has 0 spiro atoms. The van der Waals surface area contributed by atoms with Crippen LogP contribution in [0.2, 0.25) is 0 Å². The zero-order chi connectivity index (χ0) is 19.4. The van der Waals surface area contributed by atoms with Gasteiger partial charge in [-0.2, -0.15) is 0 Å². The van der Waals surface area contributed by atoms with Gasteiger partial charge in [0.25, 0.3) is 15.6 Å². The van der Waals surface area contributed by atoms with E-state index in [2.05, 4.69) is 20.0 Å².